The third-order valence-corrected chi connectivity index (χ3v) is 4.24. The van der Waals surface area contributed by atoms with Crippen LogP contribution in [-0.4, -0.2) is 35.0 Å². The molecule has 16 heavy (non-hydrogen) atoms. The number of aliphatic hydroxyl groups is 2. The zero-order valence-electron chi connectivity index (χ0n) is 10.1. The number of aliphatic hydroxyl groups excluding tert-OH is 2. The minimum Gasteiger partial charge on any atom is -0.393 e. The Kier molecular flexibility index (Phi) is 4.62. The molecule has 0 radical (unpaired) electrons. The molecular formula is C13H25NO2. The zero-order chi connectivity index (χ0) is 11.4. The topological polar surface area (TPSA) is 52.5 Å². The summed E-state index contributed by atoms with van der Waals surface area (Å²) in [5, 5.41) is 23.2. The van der Waals surface area contributed by atoms with Crippen LogP contribution in [0.5, 0.6) is 0 Å². The van der Waals surface area contributed by atoms with Crippen molar-refractivity contribution < 1.29 is 10.2 Å². The minimum absolute atomic E-state index is 0.115. The van der Waals surface area contributed by atoms with Crippen molar-refractivity contribution in [3.05, 3.63) is 0 Å². The summed E-state index contributed by atoms with van der Waals surface area (Å²) in [6, 6.07) is 0.260. The molecule has 0 spiro atoms. The Hall–Kier alpha value is -0.120. The predicted molar refractivity (Wildman–Crippen MR) is 64.2 cm³/mol. The van der Waals surface area contributed by atoms with Crippen LogP contribution in [0.25, 0.3) is 0 Å². The van der Waals surface area contributed by atoms with E-state index in [2.05, 4.69) is 5.32 Å². The fourth-order valence-electron chi connectivity index (χ4n) is 3.08. The largest absolute Gasteiger partial charge is 0.393 e. The van der Waals surface area contributed by atoms with E-state index < -0.39 is 0 Å². The van der Waals surface area contributed by atoms with Gasteiger partial charge in [0.05, 0.1) is 12.2 Å². The van der Waals surface area contributed by atoms with E-state index in [1.807, 2.05) is 0 Å². The molecule has 0 bridgehead atoms. The van der Waals surface area contributed by atoms with E-state index in [0.717, 1.165) is 45.1 Å². The fraction of sp³-hybridized carbons (Fsp3) is 1.00. The second kappa shape index (κ2) is 5.99. The van der Waals surface area contributed by atoms with E-state index in [1.165, 1.54) is 12.8 Å². The van der Waals surface area contributed by atoms with E-state index in [-0.39, 0.29) is 18.2 Å². The van der Waals surface area contributed by atoms with Gasteiger partial charge in [0, 0.05) is 12.6 Å². The molecule has 2 aliphatic rings. The zero-order valence-corrected chi connectivity index (χ0v) is 10.1. The molecule has 0 aromatic carbocycles. The van der Waals surface area contributed by atoms with E-state index in [0.29, 0.717) is 5.92 Å². The lowest BCUT2D eigenvalue weighted by Crippen LogP contribution is -2.42. The van der Waals surface area contributed by atoms with E-state index in [4.69, 9.17) is 0 Å². The molecule has 2 rings (SSSR count). The van der Waals surface area contributed by atoms with Crippen molar-refractivity contribution >= 4 is 0 Å². The summed E-state index contributed by atoms with van der Waals surface area (Å²) in [5.41, 5.74) is 0. The van der Waals surface area contributed by atoms with Crippen molar-refractivity contribution in [2.24, 2.45) is 5.92 Å². The maximum atomic E-state index is 9.96. The van der Waals surface area contributed by atoms with Crippen LogP contribution in [0.2, 0.25) is 0 Å². The van der Waals surface area contributed by atoms with Gasteiger partial charge in [0.2, 0.25) is 0 Å². The first-order valence-electron chi connectivity index (χ1n) is 6.87. The molecule has 0 saturated heterocycles. The predicted octanol–water partition coefficient (Wildman–Crippen LogP) is 1.43. The lowest BCUT2D eigenvalue weighted by molar-refractivity contribution is 0.100. The van der Waals surface area contributed by atoms with Crippen molar-refractivity contribution in [3.63, 3.8) is 0 Å². The van der Waals surface area contributed by atoms with Crippen LogP contribution in [-0.2, 0) is 0 Å². The summed E-state index contributed by atoms with van der Waals surface area (Å²) in [7, 11) is 0. The molecule has 3 nitrogen and oxygen atoms in total. The Morgan fingerprint density at radius 1 is 0.812 bits per heavy atom. The summed E-state index contributed by atoms with van der Waals surface area (Å²) in [5.74, 6) is 0.412. The summed E-state index contributed by atoms with van der Waals surface area (Å²) >= 11 is 0. The lowest BCUT2D eigenvalue weighted by Gasteiger charge is -2.24. The molecule has 0 aromatic rings. The Labute approximate surface area is 98.2 Å². The summed E-state index contributed by atoms with van der Waals surface area (Å²) in [6.45, 7) is 0.878. The van der Waals surface area contributed by atoms with Crippen molar-refractivity contribution in [3.8, 4) is 0 Å². The van der Waals surface area contributed by atoms with Crippen LogP contribution >= 0.6 is 0 Å². The summed E-state index contributed by atoms with van der Waals surface area (Å²) in [4.78, 5) is 0. The van der Waals surface area contributed by atoms with E-state index >= 15 is 0 Å². The second-order valence-electron chi connectivity index (χ2n) is 5.48. The van der Waals surface area contributed by atoms with Crippen molar-refractivity contribution in [2.75, 3.05) is 6.54 Å². The van der Waals surface area contributed by atoms with Crippen LogP contribution in [0.3, 0.4) is 0 Å². The molecule has 4 atom stereocenters. The highest BCUT2D eigenvalue weighted by Crippen LogP contribution is 2.25. The van der Waals surface area contributed by atoms with Crippen LogP contribution in [0.15, 0.2) is 0 Å². The van der Waals surface area contributed by atoms with Crippen LogP contribution in [0.4, 0.5) is 0 Å². The van der Waals surface area contributed by atoms with Gasteiger partial charge in [-0.1, -0.05) is 25.7 Å². The van der Waals surface area contributed by atoms with Gasteiger partial charge in [-0.3, -0.25) is 0 Å². The smallest absolute Gasteiger partial charge is 0.0693 e. The standard InChI is InChI=1S/C13H25NO2/c15-12-8-4-5-10(12)9-14-11-6-2-1-3-7-13(11)16/h10-16H,1-9H2. The van der Waals surface area contributed by atoms with Crippen molar-refractivity contribution in [2.45, 2.75) is 69.6 Å². The Morgan fingerprint density at radius 2 is 1.56 bits per heavy atom. The molecular weight excluding hydrogens is 202 g/mol. The highest BCUT2D eigenvalue weighted by atomic mass is 16.3. The molecule has 2 aliphatic carbocycles. The van der Waals surface area contributed by atoms with Gasteiger partial charge in [-0.2, -0.15) is 0 Å². The van der Waals surface area contributed by atoms with Gasteiger partial charge < -0.3 is 15.5 Å². The molecule has 2 fully saturated rings. The minimum atomic E-state index is -0.180. The van der Waals surface area contributed by atoms with Crippen molar-refractivity contribution in [1.82, 2.24) is 5.32 Å². The lowest BCUT2D eigenvalue weighted by atomic mass is 10.0. The first-order valence-corrected chi connectivity index (χ1v) is 6.87. The first-order chi connectivity index (χ1) is 7.77. The molecule has 4 unspecified atom stereocenters. The fourth-order valence-corrected chi connectivity index (χ4v) is 3.08. The van der Waals surface area contributed by atoms with Gasteiger partial charge >= 0.3 is 0 Å². The van der Waals surface area contributed by atoms with E-state index in [9.17, 15) is 10.2 Å². The molecule has 2 saturated carbocycles. The molecule has 3 N–H and O–H groups in total. The van der Waals surface area contributed by atoms with Gasteiger partial charge in [-0.25, -0.2) is 0 Å². The van der Waals surface area contributed by atoms with Gasteiger partial charge in [-0.05, 0) is 31.6 Å². The number of hydrogen-bond acceptors (Lipinski definition) is 3. The molecule has 0 aromatic heterocycles. The maximum absolute atomic E-state index is 9.96. The van der Waals surface area contributed by atoms with Gasteiger partial charge in [0.1, 0.15) is 0 Å². The highest BCUT2D eigenvalue weighted by Gasteiger charge is 2.27. The summed E-state index contributed by atoms with van der Waals surface area (Å²) < 4.78 is 0. The summed E-state index contributed by atoms with van der Waals surface area (Å²) in [6.07, 6.45) is 8.61. The Balaban J connectivity index is 1.75. The Morgan fingerprint density at radius 3 is 2.31 bits per heavy atom. The van der Waals surface area contributed by atoms with Crippen LogP contribution in [0.1, 0.15) is 51.4 Å². The highest BCUT2D eigenvalue weighted by molar-refractivity contribution is 4.83. The third kappa shape index (κ3) is 3.19. The van der Waals surface area contributed by atoms with Crippen LogP contribution < -0.4 is 5.32 Å². The third-order valence-electron chi connectivity index (χ3n) is 4.24. The van der Waals surface area contributed by atoms with Crippen LogP contribution in [0, 0.1) is 5.92 Å². The second-order valence-corrected chi connectivity index (χ2v) is 5.48. The van der Waals surface area contributed by atoms with Gasteiger partial charge in [0.25, 0.3) is 0 Å². The van der Waals surface area contributed by atoms with Gasteiger partial charge in [0.15, 0.2) is 0 Å². The Bertz CT molecular complexity index is 210. The number of rotatable bonds is 3. The quantitative estimate of drug-likeness (QED) is 0.639. The average Bonchev–Trinajstić information content (AvgIpc) is 2.56. The molecule has 0 heterocycles. The number of nitrogens with one attached hydrogen (secondary N) is 1. The average molecular weight is 227 g/mol. The van der Waals surface area contributed by atoms with Crippen molar-refractivity contribution in [1.29, 1.82) is 0 Å². The first kappa shape index (κ1) is 12.3. The van der Waals surface area contributed by atoms with E-state index in [1.54, 1.807) is 0 Å². The normalized spacial score (nSPS) is 40.9. The van der Waals surface area contributed by atoms with Gasteiger partial charge in [-0.15, -0.1) is 0 Å². The monoisotopic (exact) mass is 227 g/mol. The molecule has 0 aliphatic heterocycles. The maximum Gasteiger partial charge on any atom is 0.0693 e. The molecule has 3 heteroatoms. The molecule has 0 amide bonds. The molecule has 94 valence electrons. The SMILES string of the molecule is OC1CCCC1CNC1CCCCCC1O. The number of hydrogen-bond donors (Lipinski definition) is 3.